The van der Waals surface area contributed by atoms with Gasteiger partial charge in [0.15, 0.2) is 0 Å². The lowest BCUT2D eigenvalue weighted by molar-refractivity contribution is -0.118. The monoisotopic (exact) mass is 272 g/mol. The Labute approximate surface area is 117 Å². The van der Waals surface area contributed by atoms with E-state index < -0.39 is 17.8 Å². The summed E-state index contributed by atoms with van der Waals surface area (Å²) in [6.45, 7) is 2.00. The van der Waals surface area contributed by atoms with Gasteiger partial charge in [-0.3, -0.25) is 4.79 Å². The van der Waals surface area contributed by atoms with Gasteiger partial charge in [0.2, 0.25) is 5.91 Å². The maximum Gasteiger partial charge on any atom is 0.244 e. The number of hydrogen-bond donors (Lipinski definition) is 2. The average Bonchev–Trinajstić information content (AvgIpc) is 2.46. The molecule has 0 spiro atoms. The standard InChI is InChI=1S/C16H17FN2O/c1-2-11-7-3-4-8-12(11)15(16(18)20)19-14-10-6-5-9-13(14)17/h3-10,15,19H,2H2,1H3,(H2,18,20). The minimum Gasteiger partial charge on any atom is -0.368 e. The van der Waals surface area contributed by atoms with E-state index in [1.807, 2.05) is 31.2 Å². The van der Waals surface area contributed by atoms with Crippen molar-refractivity contribution in [1.29, 1.82) is 0 Å². The van der Waals surface area contributed by atoms with Gasteiger partial charge in [0.1, 0.15) is 11.9 Å². The molecule has 3 nitrogen and oxygen atoms in total. The van der Waals surface area contributed by atoms with Crippen molar-refractivity contribution >= 4 is 11.6 Å². The van der Waals surface area contributed by atoms with Crippen LogP contribution in [0.5, 0.6) is 0 Å². The van der Waals surface area contributed by atoms with Gasteiger partial charge in [-0.1, -0.05) is 43.3 Å². The van der Waals surface area contributed by atoms with Gasteiger partial charge in [-0.2, -0.15) is 0 Å². The molecule has 0 aliphatic heterocycles. The number of halogens is 1. The van der Waals surface area contributed by atoms with Crippen LogP contribution in [0.15, 0.2) is 48.5 Å². The number of hydrogen-bond acceptors (Lipinski definition) is 2. The fourth-order valence-corrected chi connectivity index (χ4v) is 2.17. The van der Waals surface area contributed by atoms with Crippen LogP contribution in [-0.4, -0.2) is 5.91 Å². The van der Waals surface area contributed by atoms with Crippen molar-refractivity contribution in [3.05, 3.63) is 65.5 Å². The number of primary amides is 1. The molecule has 3 N–H and O–H groups in total. The molecular formula is C16H17FN2O. The zero-order valence-corrected chi connectivity index (χ0v) is 11.3. The number of carbonyl (C=O) groups is 1. The summed E-state index contributed by atoms with van der Waals surface area (Å²) in [5.74, 6) is -0.943. The average molecular weight is 272 g/mol. The van der Waals surface area contributed by atoms with E-state index >= 15 is 0 Å². The summed E-state index contributed by atoms with van der Waals surface area (Å²) in [7, 11) is 0. The lowest BCUT2D eigenvalue weighted by Gasteiger charge is -2.20. The van der Waals surface area contributed by atoms with Crippen LogP contribution in [0.1, 0.15) is 24.1 Å². The lowest BCUT2D eigenvalue weighted by atomic mass is 9.98. The third kappa shape index (κ3) is 2.96. The fourth-order valence-electron chi connectivity index (χ4n) is 2.17. The molecule has 0 fully saturated rings. The molecule has 0 radical (unpaired) electrons. The summed E-state index contributed by atoms with van der Waals surface area (Å²) in [6.07, 6.45) is 0.777. The molecule has 2 aromatic rings. The van der Waals surface area contributed by atoms with Crippen LogP contribution in [0.25, 0.3) is 0 Å². The molecule has 0 saturated heterocycles. The van der Waals surface area contributed by atoms with E-state index in [1.54, 1.807) is 18.2 Å². The molecule has 0 aliphatic carbocycles. The number of nitrogens with one attached hydrogen (secondary N) is 1. The first-order chi connectivity index (χ1) is 9.63. The second-order valence-electron chi connectivity index (χ2n) is 4.51. The van der Waals surface area contributed by atoms with Gasteiger partial charge in [-0.15, -0.1) is 0 Å². The van der Waals surface area contributed by atoms with Crippen LogP contribution < -0.4 is 11.1 Å². The number of anilines is 1. The molecule has 1 amide bonds. The molecule has 0 bridgehead atoms. The number of nitrogens with two attached hydrogens (primary N) is 1. The van der Waals surface area contributed by atoms with Crippen LogP contribution in [-0.2, 0) is 11.2 Å². The maximum absolute atomic E-state index is 13.7. The summed E-state index contributed by atoms with van der Waals surface area (Å²) in [5.41, 5.74) is 7.53. The van der Waals surface area contributed by atoms with Crippen LogP contribution >= 0.6 is 0 Å². The Kier molecular flexibility index (Phi) is 4.35. The SMILES string of the molecule is CCc1ccccc1C(Nc1ccccc1F)C(N)=O. The Bertz CT molecular complexity index is 613. The summed E-state index contributed by atoms with van der Waals surface area (Å²) in [4.78, 5) is 11.7. The highest BCUT2D eigenvalue weighted by Crippen LogP contribution is 2.24. The van der Waals surface area contributed by atoms with Crippen molar-refractivity contribution < 1.29 is 9.18 Å². The summed E-state index contributed by atoms with van der Waals surface area (Å²) < 4.78 is 13.7. The number of benzene rings is 2. The normalized spacial score (nSPS) is 11.9. The smallest absolute Gasteiger partial charge is 0.244 e. The summed E-state index contributed by atoms with van der Waals surface area (Å²) >= 11 is 0. The first-order valence-electron chi connectivity index (χ1n) is 6.51. The van der Waals surface area contributed by atoms with Crippen LogP contribution in [0.2, 0.25) is 0 Å². The Balaban J connectivity index is 2.37. The van der Waals surface area contributed by atoms with Crippen molar-refractivity contribution in [3.8, 4) is 0 Å². The predicted octanol–water partition coefficient (Wildman–Crippen LogP) is 3.03. The number of para-hydroxylation sites is 1. The van der Waals surface area contributed by atoms with Gasteiger partial charge in [-0.05, 0) is 29.7 Å². The number of amides is 1. The topological polar surface area (TPSA) is 55.1 Å². The van der Waals surface area contributed by atoms with Gasteiger partial charge in [-0.25, -0.2) is 4.39 Å². The van der Waals surface area contributed by atoms with Crippen molar-refractivity contribution in [1.82, 2.24) is 0 Å². The largest absolute Gasteiger partial charge is 0.368 e. The Morgan fingerprint density at radius 2 is 1.85 bits per heavy atom. The van der Waals surface area contributed by atoms with E-state index in [0.717, 1.165) is 17.5 Å². The van der Waals surface area contributed by atoms with Crippen molar-refractivity contribution in [3.63, 3.8) is 0 Å². The lowest BCUT2D eigenvalue weighted by Crippen LogP contribution is -2.28. The summed E-state index contributed by atoms with van der Waals surface area (Å²) in [5, 5.41) is 2.89. The first kappa shape index (κ1) is 14.1. The molecule has 4 heteroatoms. The third-order valence-electron chi connectivity index (χ3n) is 3.21. The predicted molar refractivity (Wildman–Crippen MR) is 77.8 cm³/mol. The molecule has 2 rings (SSSR count). The fraction of sp³-hybridized carbons (Fsp3) is 0.188. The van der Waals surface area contributed by atoms with Crippen LogP contribution in [0.4, 0.5) is 10.1 Å². The molecule has 2 aromatic carbocycles. The molecular weight excluding hydrogens is 255 g/mol. The van der Waals surface area contributed by atoms with Crippen molar-refractivity contribution in [2.45, 2.75) is 19.4 Å². The van der Waals surface area contributed by atoms with Gasteiger partial charge >= 0.3 is 0 Å². The zero-order chi connectivity index (χ0) is 14.5. The van der Waals surface area contributed by atoms with Gasteiger partial charge in [0.05, 0.1) is 5.69 Å². The minimum absolute atomic E-state index is 0.266. The van der Waals surface area contributed by atoms with Gasteiger partial charge in [0, 0.05) is 0 Å². The molecule has 20 heavy (non-hydrogen) atoms. The van der Waals surface area contributed by atoms with Crippen LogP contribution in [0.3, 0.4) is 0 Å². The highest BCUT2D eigenvalue weighted by Gasteiger charge is 2.20. The van der Waals surface area contributed by atoms with E-state index in [1.165, 1.54) is 6.07 Å². The minimum atomic E-state index is -0.747. The van der Waals surface area contributed by atoms with E-state index in [2.05, 4.69) is 5.32 Å². The quantitative estimate of drug-likeness (QED) is 0.879. The second-order valence-corrected chi connectivity index (χ2v) is 4.51. The first-order valence-corrected chi connectivity index (χ1v) is 6.51. The highest BCUT2D eigenvalue weighted by atomic mass is 19.1. The molecule has 0 aromatic heterocycles. The molecule has 0 heterocycles. The number of rotatable bonds is 5. The number of carbonyl (C=O) groups excluding carboxylic acids is 1. The van der Waals surface area contributed by atoms with Crippen molar-refractivity contribution in [2.75, 3.05) is 5.32 Å². The Morgan fingerprint density at radius 3 is 2.50 bits per heavy atom. The third-order valence-corrected chi connectivity index (χ3v) is 3.21. The molecule has 1 unspecified atom stereocenters. The highest BCUT2D eigenvalue weighted by molar-refractivity contribution is 5.85. The van der Waals surface area contributed by atoms with Gasteiger partial charge < -0.3 is 11.1 Å². The van der Waals surface area contributed by atoms with E-state index in [4.69, 9.17) is 5.73 Å². The van der Waals surface area contributed by atoms with Gasteiger partial charge in [0.25, 0.3) is 0 Å². The molecule has 0 aliphatic rings. The van der Waals surface area contributed by atoms with E-state index in [0.29, 0.717) is 0 Å². The van der Waals surface area contributed by atoms with E-state index in [9.17, 15) is 9.18 Å². The molecule has 1 atom stereocenters. The Hall–Kier alpha value is -2.36. The Morgan fingerprint density at radius 1 is 1.20 bits per heavy atom. The number of aryl methyl sites for hydroxylation is 1. The molecule has 104 valence electrons. The van der Waals surface area contributed by atoms with Crippen LogP contribution in [0, 0.1) is 5.82 Å². The second kappa shape index (κ2) is 6.19. The van der Waals surface area contributed by atoms with Crippen molar-refractivity contribution in [2.24, 2.45) is 5.73 Å². The zero-order valence-electron chi connectivity index (χ0n) is 11.3. The van der Waals surface area contributed by atoms with E-state index in [-0.39, 0.29) is 5.69 Å². The maximum atomic E-state index is 13.7. The molecule has 0 saturated carbocycles. The summed E-state index contributed by atoms with van der Waals surface area (Å²) in [6, 6.07) is 13.0.